The van der Waals surface area contributed by atoms with E-state index in [1.54, 1.807) is 18.5 Å². The molecule has 0 aliphatic rings. The Kier molecular flexibility index (Phi) is 4.66. The number of nitrogens with one attached hydrogen (secondary N) is 1. The molecule has 100 valence electrons. The molecular formula is C13H12F2N2S2. The summed E-state index contributed by atoms with van der Waals surface area (Å²) in [6.45, 7) is 2.01. The van der Waals surface area contributed by atoms with Gasteiger partial charge in [-0.2, -0.15) is 8.78 Å². The van der Waals surface area contributed by atoms with Gasteiger partial charge in [-0.15, -0.1) is 0 Å². The van der Waals surface area contributed by atoms with Crippen LogP contribution in [0.1, 0.15) is 12.5 Å². The summed E-state index contributed by atoms with van der Waals surface area (Å²) in [6.07, 6.45) is 2.32. The lowest BCUT2D eigenvalue weighted by Crippen LogP contribution is -1.95. The lowest BCUT2D eigenvalue weighted by Gasteiger charge is -2.08. The van der Waals surface area contributed by atoms with Gasteiger partial charge in [0, 0.05) is 10.5 Å². The molecule has 0 aliphatic carbocycles. The van der Waals surface area contributed by atoms with Gasteiger partial charge in [0.15, 0.2) is 0 Å². The Morgan fingerprint density at radius 1 is 1.32 bits per heavy atom. The van der Waals surface area contributed by atoms with Crippen molar-refractivity contribution in [2.45, 2.75) is 24.0 Å². The number of halogens is 2. The molecule has 0 spiro atoms. The Labute approximate surface area is 119 Å². The van der Waals surface area contributed by atoms with Crippen molar-refractivity contribution in [3.8, 4) is 11.3 Å². The van der Waals surface area contributed by atoms with Gasteiger partial charge in [-0.25, -0.2) is 4.98 Å². The van der Waals surface area contributed by atoms with Gasteiger partial charge in [-0.3, -0.25) is 0 Å². The van der Waals surface area contributed by atoms with Gasteiger partial charge in [0.2, 0.25) is 0 Å². The molecule has 0 saturated carbocycles. The lowest BCUT2D eigenvalue weighted by molar-refractivity contribution is 0.252. The van der Waals surface area contributed by atoms with Crippen molar-refractivity contribution >= 4 is 24.0 Å². The zero-order valence-corrected chi connectivity index (χ0v) is 11.8. The normalized spacial score (nSPS) is 10.9. The highest BCUT2D eigenvalue weighted by molar-refractivity contribution is 7.99. The largest absolute Gasteiger partial charge is 0.346 e. The first-order chi connectivity index (χ1) is 9.11. The average molecular weight is 298 g/mol. The van der Waals surface area contributed by atoms with E-state index in [0.717, 1.165) is 23.2 Å². The van der Waals surface area contributed by atoms with Gasteiger partial charge >= 0.3 is 0 Å². The molecular weight excluding hydrogens is 286 g/mol. The highest BCUT2D eigenvalue weighted by Gasteiger charge is 2.08. The number of benzene rings is 1. The first-order valence-electron chi connectivity index (χ1n) is 5.73. The molecule has 2 aromatic rings. The Balaban J connectivity index is 2.37. The van der Waals surface area contributed by atoms with E-state index in [9.17, 15) is 8.78 Å². The van der Waals surface area contributed by atoms with Gasteiger partial charge in [-0.1, -0.05) is 43.0 Å². The minimum atomic E-state index is -2.40. The van der Waals surface area contributed by atoms with Crippen molar-refractivity contribution in [2.24, 2.45) is 0 Å². The fraction of sp³-hybridized carbons (Fsp3) is 0.231. The fourth-order valence-corrected chi connectivity index (χ4v) is 2.61. The third-order valence-electron chi connectivity index (χ3n) is 2.67. The quantitative estimate of drug-likeness (QED) is 0.656. The van der Waals surface area contributed by atoms with E-state index in [1.165, 1.54) is 0 Å². The van der Waals surface area contributed by atoms with E-state index >= 15 is 0 Å². The highest BCUT2D eigenvalue weighted by atomic mass is 32.2. The van der Waals surface area contributed by atoms with Crippen LogP contribution in [0.4, 0.5) is 8.78 Å². The zero-order valence-electron chi connectivity index (χ0n) is 10.2. The lowest BCUT2D eigenvalue weighted by atomic mass is 10.1. The summed E-state index contributed by atoms with van der Waals surface area (Å²) in [5, 5.41) is 0. The number of alkyl halides is 2. The zero-order chi connectivity index (χ0) is 13.8. The maximum Gasteiger partial charge on any atom is 0.288 e. The van der Waals surface area contributed by atoms with Crippen LogP contribution in [0.25, 0.3) is 11.3 Å². The molecule has 1 N–H and O–H groups in total. The fourth-order valence-electron chi connectivity index (χ4n) is 1.82. The van der Waals surface area contributed by atoms with Crippen molar-refractivity contribution in [3.63, 3.8) is 0 Å². The van der Waals surface area contributed by atoms with Crippen LogP contribution in [-0.2, 0) is 6.42 Å². The molecule has 1 aromatic carbocycles. The van der Waals surface area contributed by atoms with Gasteiger partial charge in [-0.05, 0) is 24.1 Å². The molecule has 6 heteroatoms. The minimum Gasteiger partial charge on any atom is -0.346 e. The van der Waals surface area contributed by atoms with Crippen LogP contribution in [0.3, 0.4) is 0 Å². The number of hydrogen-bond acceptors (Lipinski definition) is 3. The number of thioether (sulfide) groups is 1. The van der Waals surface area contributed by atoms with Crippen LogP contribution >= 0.6 is 24.0 Å². The summed E-state index contributed by atoms with van der Waals surface area (Å²) in [5.74, 6) is -2.40. The summed E-state index contributed by atoms with van der Waals surface area (Å²) >= 11 is 5.73. The van der Waals surface area contributed by atoms with Crippen LogP contribution in [-0.4, -0.2) is 15.7 Å². The Morgan fingerprint density at radius 2 is 2.00 bits per heavy atom. The molecule has 19 heavy (non-hydrogen) atoms. The first-order valence-corrected chi connectivity index (χ1v) is 7.02. The third kappa shape index (κ3) is 3.39. The number of rotatable bonds is 4. The van der Waals surface area contributed by atoms with Crippen LogP contribution in [0.15, 0.2) is 35.5 Å². The van der Waals surface area contributed by atoms with Crippen LogP contribution in [0, 0.1) is 4.64 Å². The van der Waals surface area contributed by atoms with Gasteiger partial charge < -0.3 is 4.98 Å². The number of aromatic amines is 1. The maximum atomic E-state index is 12.3. The molecule has 2 nitrogen and oxygen atoms in total. The molecule has 1 heterocycles. The molecule has 0 unspecified atom stereocenters. The van der Waals surface area contributed by atoms with E-state index in [-0.39, 0.29) is 0 Å². The number of H-pyrrole nitrogens is 1. The van der Waals surface area contributed by atoms with Crippen molar-refractivity contribution in [2.75, 3.05) is 0 Å². The number of nitrogens with zero attached hydrogens (tertiary/aromatic N) is 1. The highest BCUT2D eigenvalue weighted by Crippen LogP contribution is 2.28. The third-order valence-corrected chi connectivity index (χ3v) is 3.75. The molecule has 1 aromatic heterocycles. The monoisotopic (exact) mass is 298 g/mol. The minimum absolute atomic E-state index is 0.539. The SMILES string of the molecule is CCc1c(-c2ccc(SC(F)F)cc2)[nH]cnc1=S. The van der Waals surface area contributed by atoms with E-state index < -0.39 is 5.76 Å². The summed E-state index contributed by atoms with van der Waals surface area (Å²) in [7, 11) is 0. The second-order valence-electron chi connectivity index (χ2n) is 3.82. The Morgan fingerprint density at radius 3 is 2.58 bits per heavy atom. The van der Waals surface area contributed by atoms with E-state index in [0.29, 0.717) is 21.3 Å². The Hall–Kier alpha value is -1.27. The molecule has 2 rings (SSSR count). The van der Waals surface area contributed by atoms with Crippen LogP contribution in [0.2, 0.25) is 0 Å². The van der Waals surface area contributed by atoms with Gasteiger partial charge in [0.05, 0.1) is 12.0 Å². The van der Waals surface area contributed by atoms with E-state index in [4.69, 9.17) is 12.2 Å². The molecule has 0 saturated heterocycles. The molecule has 0 fully saturated rings. The predicted molar refractivity (Wildman–Crippen MR) is 76.1 cm³/mol. The van der Waals surface area contributed by atoms with Crippen molar-refractivity contribution in [3.05, 3.63) is 40.8 Å². The predicted octanol–water partition coefficient (Wildman–Crippen LogP) is 4.68. The average Bonchev–Trinajstić information content (AvgIpc) is 2.38. The maximum absolute atomic E-state index is 12.3. The van der Waals surface area contributed by atoms with Gasteiger partial charge in [0.1, 0.15) is 4.64 Å². The van der Waals surface area contributed by atoms with Crippen LogP contribution < -0.4 is 0 Å². The smallest absolute Gasteiger partial charge is 0.288 e. The standard InChI is InChI=1S/C13H12F2N2S2/c1-2-10-11(16-7-17-12(10)18)8-3-5-9(6-4-8)19-13(14)15/h3-7,13H,2H2,1H3,(H,16,17,18). The van der Waals surface area contributed by atoms with Crippen LogP contribution in [0.5, 0.6) is 0 Å². The second kappa shape index (κ2) is 6.25. The number of aromatic nitrogens is 2. The molecule has 0 bridgehead atoms. The summed E-state index contributed by atoms with van der Waals surface area (Å²) in [5.41, 5.74) is 2.78. The molecule has 0 aliphatic heterocycles. The molecule has 0 atom stereocenters. The van der Waals surface area contributed by atoms with Crippen molar-refractivity contribution < 1.29 is 8.78 Å². The summed E-state index contributed by atoms with van der Waals surface area (Å²) in [6, 6.07) is 6.99. The van der Waals surface area contributed by atoms with Gasteiger partial charge in [0.25, 0.3) is 5.76 Å². The topological polar surface area (TPSA) is 28.7 Å². The Bertz CT molecular complexity index is 609. The first kappa shape index (κ1) is 14.1. The van der Waals surface area contributed by atoms with Crippen molar-refractivity contribution in [1.82, 2.24) is 9.97 Å². The summed E-state index contributed by atoms with van der Waals surface area (Å²) in [4.78, 5) is 7.67. The van der Waals surface area contributed by atoms with E-state index in [2.05, 4.69) is 9.97 Å². The van der Waals surface area contributed by atoms with Crippen molar-refractivity contribution in [1.29, 1.82) is 0 Å². The van der Waals surface area contributed by atoms with E-state index in [1.807, 2.05) is 19.1 Å². The molecule has 0 radical (unpaired) electrons. The number of hydrogen-bond donors (Lipinski definition) is 1. The summed E-state index contributed by atoms with van der Waals surface area (Å²) < 4.78 is 25.1. The molecule has 0 amide bonds. The second-order valence-corrected chi connectivity index (χ2v) is 5.27.